The Morgan fingerprint density at radius 3 is 2.86 bits per heavy atom. The summed E-state index contributed by atoms with van der Waals surface area (Å²) in [4.78, 5) is 4.52. The molecular formula is C16H26N4O. The minimum Gasteiger partial charge on any atom is -0.497 e. The molecule has 21 heavy (non-hydrogen) atoms. The van der Waals surface area contributed by atoms with Gasteiger partial charge >= 0.3 is 0 Å². The molecule has 4 N–H and O–H groups in total. The number of hydrogen-bond acceptors (Lipinski definition) is 3. The first-order chi connectivity index (χ1) is 10.3. The van der Waals surface area contributed by atoms with E-state index in [9.17, 15) is 0 Å². The van der Waals surface area contributed by atoms with Gasteiger partial charge in [-0.15, -0.1) is 0 Å². The van der Waals surface area contributed by atoms with Crippen LogP contribution in [0.2, 0.25) is 0 Å². The van der Waals surface area contributed by atoms with Crippen molar-refractivity contribution >= 4 is 5.96 Å². The first-order valence-electron chi connectivity index (χ1n) is 7.72. The van der Waals surface area contributed by atoms with Crippen molar-refractivity contribution in [1.29, 1.82) is 0 Å². The Morgan fingerprint density at radius 2 is 2.14 bits per heavy atom. The summed E-state index contributed by atoms with van der Waals surface area (Å²) in [6.45, 7) is 0.701. The highest BCUT2D eigenvalue weighted by atomic mass is 16.5. The summed E-state index contributed by atoms with van der Waals surface area (Å²) in [5.41, 5.74) is 3.89. The lowest BCUT2D eigenvalue weighted by molar-refractivity contribution is 0.410. The van der Waals surface area contributed by atoms with Gasteiger partial charge in [0.15, 0.2) is 0 Å². The Kier molecular flexibility index (Phi) is 6.34. The fraction of sp³-hybridized carbons (Fsp3) is 0.562. The Bertz CT molecular complexity index is 455. The van der Waals surface area contributed by atoms with Gasteiger partial charge in [-0.25, -0.2) is 5.84 Å². The van der Waals surface area contributed by atoms with E-state index in [0.717, 1.165) is 12.2 Å². The topological polar surface area (TPSA) is 71.7 Å². The van der Waals surface area contributed by atoms with E-state index >= 15 is 0 Å². The fourth-order valence-corrected chi connectivity index (χ4v) is 2.70. The molecule has 2 rings (SSSR count). The van der Waals surface area contributed by atoms with Crippen LogP contribution in [-0.4, -0.2) is 25.7 Å². The van der Waals surface area contributed by atoms with E-state index < -0.39 is 0 Å². The molecule has 1 aliphatic rings. The summed E-state index contributed by atoms with van der Waals surface area (Å²) in [6, 6.07) is 8.58. The van der Waals surface area contributed by atoms with E-state index in [2.05, 4.69) is 21.8 Å². The number of hydrazine groups is 1. The van der Waals surface area contributed by atoms with E-state index in [1.165, 1.54) is 37.7 Å². The maximum atomic E-state index is 5.55. The first-order valence-corrected chi connectivity index (χ1v) is 7.72. The number of nitrogens with two attached hydrogens (primary N) is 1. The van der Waals surface area contributed by atoms with E-state index in [1.807, 2.05) is 18.2 Å². The highest BCUT2D eigenvalue weighted by molar-refractivity contribution is 5.79. The highest BCUT2D eigenvalue weighted by Crippen LogP contribution is 2.17. The van der Waals surface area contributed by atoms with Gasteiger partial charge in [0, 0.05) is 12.6 Å². The van der Waals surface area contributed by atoms with Crippen molar-refractivity contribution in [2.24, 2.45) is 10.8 Å². The first kappa shape index (κ1) is 15.6. The van der Waals surface area contributed by atoms with Crippen molar-refractivity contribution in [3.63, 3.8) is 0 Å². The van der Waals surface area contributed by atoms with Crippen molar-refractivity contribution in [2.75, 3.05) is 13.7 Å². The molecule has 0 amide bonds. The van der Waals surface area contributed by atoms with Crippen LogP contribution in [0.5, 0.6) is 5.75 Å². The second-order valence-corrected chi connectivity index (χ2v) is 5.46. The second kappa shape index (κ2) is 8.52. The Labute approximate surface area is 126 Å². The van der Waals surface area contributed by atoms with Crippen LogP contribution in [-0.2, 0) is 6.42 Å². The second-order valence-electron chi connectivity index (χ2n) is 5.46. The summed E-state index contributed by atoms with van der Waals surface area (Å²) in [6.07, 6.45) is 7.21. The molecule has 0 aliphatic heterocycles. The van der Waals surface area contributed by atoms with Crippen molar-refractivity contribution in [3.05, 3.63) is 29.8 Å². The van der Waals surface area contributed by atoms with Crippen LogP contribution in [0.15, 0.2) is 29.3 Å². The molecule has 1 aromatic carbocycles. The molecular weight excluding hydrogens is 264 g/mol. The molecule has 0 aromatic heterocycles. The number of methoxy groups -OCH3 is 1. The van der Waals surface area contributed by atoms with Crippen LogP contribution in [0.1, 0.15) is 37.7 Å². The van der Waals surface area contributed by atoms with Gasteiger partial charge in [-0.3, -0.25) is 10.4 Å². The van der Waals surface area contributed by atoms with Gasteiger partial charge in [0.25, 0.3) is 0 Å². The van der Waals surface area contributed by atoms with Crippen LogP contribution < -0.4 is 21.3 Å². The van der Waals surface area contributed by atoms with Crippen LogP contribution in [0, 0.1) is 0 Å². The zero-order chi connectivity index (χ0) is 14.9. The molecule has 1 aliphatic carbocycles. The molecule has 0 bridgehead atoms. The third-order valence-corrected chi connectivity index (χ3v) is 3.89. The van der Waals surface area contributed by atoms with Gasteiger partial charge in [0.2, 0.25) is 5.96 Å². The molecule has 5 heteroatoms. The molecule has 1 aromatic rings. The lowest BCUT2D eigenvalue weighted by atomic mass is 9.96. The Balaban J connectivity index is 1.82. The molecule has 0 spiro atoms. The predicted molar refractivity (Wildman–Crippen MR) is 86.3 cm³/mol. The molecule has 5 nitrogen and oxygen atoms in total. The van der Waals surface area contributed by atoms with Crippen LogP contribution in [0.4, 0.5) is 0 Å². The number of nitrogens with one attached hydrogen (secondary N) is 2. The van der Waals surface area contributed by atoms with Gasteiger partial charge in [-0.2, -0.15) is 0 Å². The molecule has 0 saturated heterocycles. The Morgan fingerprint density at radius 1 is 1.33 bits per heavy atom. The normalized spacial score (nSPS) is 16.6. The Hall–Kier alpha value is -1.75. The van der Waals surface area contributed by atoms with Crippen molar-refractivity contribution in [2.45, 2.75) is 44.6 Å². The third-order valence-electron chi connectivity index (χ3n) is 3.89. The number of nitrogens with zero attached hydrogens (tertiary/aromatic N) is 1. The highest BCUT2D eigenvalue weighted by Gasteiger charge is 2.13. The maximum Gasteiger partial charge on any atom is 0.205 e. The smallest absolute Gasteiger partial charge is 0.205 e. The standard InChI is InChI=1S/C16H26N4O/c1-21-15-9-5-6-13(12-15)10-11-18-16(20-17)19-14-7-3-2-4-8-14/h5-6,9,12,14H,2-4,7-8,10-11,17H2,1H3,(H2,18,19,20). The minimum atomic E-state index is 0.505. The predicted octanol–water partition coefficient (Wildman–Crippen LogP) is 1.98. The van der Waals surface area contributed by atoms with Gasteiger partial charge in [0.1, 0.15) is 5.75 Å². The van der Waals surface area contributed by atoms with Gasteiger partial charge in [-0.05, 0) is 37.0 Å². The van der Waals surface area contributed by atoms with Crippen molar-refractivity contribution in [3.8, 4) is 5.75 Å². The fourth-order valence-electron chi connectivity index (χ4n) is 2.70. The average Bonchev–Trinajstić information content (AvgIpc) is 2.55. The molecule has 116 valence electrons. The van der Waals surface area contributed by atoms with Gasteiger partial charge in [-0.1, -0.05) is 31.4 Å². The summed E-state index contributed by atoms with van der Waals surface area (Å²) in [5, 5.41) is 3.40. The largest absolute Gasteiger partial charge is 0.497 e. The average molecular weight is 290 g/mol. The van der Waals surface area contributed by atoms with Crippen LogP contribution >= 0.6 is 0 Å². The van der Waals surface area contributed by atoms with E-state index in [1.54, 1.807) is 7.11 Å². The number of aliphatic imine (C=N–C) groups is 1. The molecule has 0 atom stereocenters. The van der Waals surface area contributed by atoms with Crippen LogP contribution in [0.25, 0.3) is 0 Å². The van der Waals surface area contributed by atoms with Gasteiger partial charge in [0.05, 0.1) is 7.11 Å². The number of ether oxygens (including phenoxy) is 1. The lowest BCUT2D eigenvalue weighted by Gasteiger charge is -2.24. The molecule has 1 fully saturated rings. The number of hydrogen-bond donors (Lipinski definition) is 3. The van der Waals surface area contributed by atoms with E-state index in [-0.39, 0.29) is 0 Å². The lowest BCUT2D eigenvalue weighted by Crippen LogP contribution is -2.47. The molecule has 0 radical (unpaired) electrons. The van der Waals surface area contributed by atoms with Crippen LogP contribution in [0.3, 0.4) is 0 Å². The van der Waals surface area contributed by atoms with E-state index in [4.69, 9.17) is 10.6 Å². The minimum absolute atomic E-state index is 0.505. The number of rotatable bonds is 5. The zero-order valence-corrected chi connectivity index (χ0v) is 12.8. The maximum absolute atomic E-state index is 5.55. The summed E-state index contributed by atoms with van der Waals surface area (Å²) < 4.78 is 5.22. The van der Waals surface area contributed by atoms with Crippen molar-refractivity contribution < 1.29 is 4.74 Å². The number of benzene rings is 1. The molecule has 0 heterocycles. The van der Waals surface area contributed by atoms with Crippen molar-refractivity contribution in [1.82, 2.24) is 10.7 Å². The third kappa shape index (κ3) is 5.27. The summed E-state index contributed by atoms with van der Waals surface area (Å²) >= 11 is 0. The molecule has 0 unspecified atom stereocenters. The zero-order valence-electron chi connectivity index (χ0n) is 12.8. The molecule has 1 saturated carbocycles. The monoisotopic (exact) mass is 290 g/mol. The van der Waals surface area contributed by atoms with E-state index in [0.29, 0.717) is 18.5 Å². The summed E-state index contributed by atoms with van der Waals surface area (Å²) in [7, 11) is 1.68. The SMILES string of the molecule is COc1cccc(CCN=C(NN)NC2CCCCC2)c1. The van der Waals surface area contributed by atoms with Gasteiger partial charge < -0.3 is 10.1 Å². The number of guanidine groups is 1. The summed E-state index contributed by atoms with van der Waals surface area (Å²) in [5.74, 6) is 7.13. The quantitative estimate of drug-likeness (QED) is 0.336.